The Bertz CT molecular complexity index is 1120. The number of aromatic nitrogens is 1. The summed E-state index contributed by atoms with van der Waals surface area (Å²) in [5.41, 5.74) is 2.28. The van der Waals surface area contributed by atoms with Gasteiger partial charge in [0.1, 0.15) is 13.2 Å². The molecule has 7 heteroatoms. The smallest absolute Gasteiger partial charge is 0.254 e. The van der Waals surface area contributed by atoms with Crippen LogP contribution in [0.15, 0.2) is 47.3 Å². The molecule has 0 spiro atoms. The van der Waals surface area contributed by atoms with Crippen LogP contribution < -0.4 is 15.0 Å². The minimum Gasteiger partial charge on any atom is -0.486 e. The number of aliphatic hydroxyl groups is 1. The van der Waals surface area contributed by atoms with Crippen molar-refractivity contribution in [1.29, 1.82) is 0 Å². The van der Waals surface area contributed by atoms with Gasteiger partial charge in [0.2, 0.25) is 0 Å². The third-order valence-corrected chi connectivity index (χ3v) is 4.87. The van der Waals surface area contributed by atoms with E-state index in [9.17, 15) is 14.7 Å². The molecule has 0 aliphatic carbocycles. The van der Waals surface area contributed by atoms with E-state index in [-0.39, 0.29) is 31.2 Å². The summed E-state index contributed by atoms with van der Waals surface area (Å²) in [5.74, 6) is 0.998. The van der Waals surface area contributed by atoms with Gasteiger partial charge in [-0.1, -0.05) is 17.7 Å². The first-order valence-electron chi connectivity index (χ1n) is 9.47. The third-order valence-electron chi connectivity index (χ3n) is 4.87. The zero-order valence-electron chi connectivity index (χ0n) is 16.1. The van der Waals surface area contributed by atoms with Crippen LogP contribution in [0.25, 0.3) is 10.9 Å². The Morgan fingerprint density at radius 3 is 2.62 bits per heavy atom. The van der Waals surface area contributed by atoms with Gasteiger partial charge >= 0.3 is 0 Å². The van der Waals surface area contributed by atoms with Crippen molar-refractivity contribution in [1.82, 2.24) is 9.88 Å². The number of ether oxygens (including phenoxy) is 2. The second-order valence-corrected chi connectivity index (χ2v) is 7.03. The number of hydrogen-bond donors (Lipinski definition) is 2. The number of aliphatic hydroxyl groups excluding tert-OH is 1. The summed E-state index contributed by atoms with van der Waals surface area (Å²) in [7, 11) is 0. The normalized spacial score (nSPS) is 12.8. The van der Waals surface area contributed by atoms with E-state index in [0.717, 1.165) is 10.9 Å². The summed E-state index contributed by atoms with van der Waals surface area (Å²) in [5, 5.41) is 10.2. The molecule has 1 aromatic heterocycles. The van der Waals surface area contributed by atoms with Crippen LogP contribution in [0.2, 0.25) is 0 Å². The van der Waals surface area contributed by atoms with Gasteiger partial charge in [-0.2, -0.15) is 0 Å². The number of pyridine rings is 1. The first-order valence-corrected chi connectivity index (χ1v) is 9.47. The van der Waals surface area contributed by atoms with E-state index in [2.05, 4.69) is 4.98 Å². The van der Waals surface area contributed by atoms with Gasteiger partial charge in [0.15, 0.2) is 11.5 Å². The average molecular weight is 394 g/mol. The lowest BCUT2D eigenvalue weighted by molar-refractivity contribution is 0.0707. The highest BCUT2D eigenvalue weighted by atomic mass is 16.6. The molecule has 1 amide bonds. The molecule has 2 aromatic carbocycles. The lowest BCUT2D eigenvalue weighted by atomic mass is 10.1. The molecular formula is C22H22N2O5. The van der Waals surface area contributed by atoms with E-state index in [1.54, 1.807) is 24.3 Å². The molecule has 7 nitrogen and oxygen atoms in total. The number of carbonyl (C=O) groups is 1. The molecule has 1 aliphatic heterocycles. The number of nitrogens with zero attached hydrogens (tertiary/aromatic N) is 1. The molecule has 1 aliphatic rings. The van der Waals surface area contributed by atoms with Crippen molar-refractivity contribution in [2.45, 2.75) is 13.5 Å². The second kappa shape index (κ2) is 7.97. The largest absolute Gasteiger partial charge is 0.486 e. The van der Waals surface area contributed by atoms with E-state index in [0.29, 0.717) is 41.4 Å². The molecule has 150 valence electrons. The standard InChI is InChI=1S/C22H22N2O5/c1-14-3-2-4-15(9-14)22(27)24(5-6-25)13-17-10-16-11-19-20(29-8-7-28-19)12-18(16)23-21(17)26/h2-4,9-12,25H,5-8,13H2,1H3,(H,23,26). The Hall–Kier alpha value is -3.32. The molecule has 3 aromatic rings. The number of benzene rings is 2. The first kappa shape index (κ1) is 19.0. The number of aromatic amines is 1. The summed E-state index contributed by atoms with van der Waals surface area (Å²) in [6, 6.07) is 12.6. The maximum atomic E-state index is 12.9. The molecular weight excluding hydrogens is 372 g/mol. The Balaban J connectivity index is 1.67. The highest BCUT2D eigenvalue weighted by Gasteiger charge is 2.19. The Morgan fingerprint density at radius 2 is 1.90 bits per heavy atom. The van der Waals surface area contributed by atoms with Gasteiger partial charge in [-0.25, -0.2) is 0 Å². The quantitative estimate of drug-likeness (QED) is 0.693. The molecule has 0 fully saturated rings. The summed E-state index contributed by atoms with van der Waals surface area (Å²) in [4.78, 5) is 29.9. The van der Waals surface area contributed by atoms with E-state index in [1.807, 2.05) is 25.1 Å². The summed E-state index contributed by atoms with van der Waals surface area (Å²) in [6.07, 6.45) is 0. The van der Waals surface area contributed by atoms with E-state index in [4.69, 9.17) is 9.47 Å². The van der Waals surface area contributed by atoms with Crippen molar-refractivity contribution in [2.75, 3.05) is 26.4 Å². The van der Waals surface area contributed by atoms with E-state index >= 15 is 0 Å². The van der Waals surface area contributed by atoms with Crippen molar-refractivity contribution < 1.29 is 19.4 Å². The number of nitrogens with one attached hydrogen (secondary N) is 1. The minimum absolute atomic E-state index is 0.0903. The van der Waals surface area contributed by atoms with Crippen LogP contribution in [-0.2, 0) is 6.54 Å². The van der Waals surface area contributed by atoms with Crippen LogP contribution in [0.3, 0.4) is 0 Å². The van der Waals surface area contributed by atoms with Crippen LogP contribution >= 0.6 is 0 Å². The second-order valence-electron chi connectivity index (χ2n) is 7.03. The van der Waals surface area contributed by atoms with Gasteiger partial charge in [0.05, 0.1) is 18.7 Å². The fourth-order valence-electron chi connectivity index (χ4n) is 3.44. The average Bonchev–Trinajstić information content (AvgIpc) is 2.72. The van der Waals surface area contributed by atoms with Crippen molar-refractivity contribution in [3.05, 3.63) is 69.5 Å². The highest BCUT2D eigenvalue weighted by molar-refractivity contribution is 5.94. The molecule has 0 radical (unpaired) electrons. The Kier molecular flexibility index (Phi) is 5.22. The predicted molar refractivity (Wildman–Crippen MR) is 109 cm³/mol. The fraction of sp³-hybridized carbons (Fsp3) is 0.273. The molecule has 2 heterocycles. The maximum Gasteiger partial charge on any atom is 0.254 e. The van der Waals surface area contributed by atoms with E-state index < -0.39 is 0 Å². The molecule has 0 unspecified atom stereocenters. The fourth-order valence-corrected chi connectivity index (χ4v) is 3.44. The summed E-state index contributed by atoms with van der Waals surface area (Å²) < 4.78 is 11.2. The highest BCUT2D eigenvalue weighted by Crippen LogP contribution is 2.33. The van der Waals surface area contributed by atoms with Crippen LogP contribution in [0, 0.1) is 6.92 Å². The van der Waals surface area contributed by atoms with Crippen LogP contribution in [0.4, 0.5) is 0 Å². The predicted octanol–water partition coefficient (Wildman–Crippen LogP) is 2.24. The molecule has 0 saturated carbocycles. The molecule has 2 N–H and O–H groups in total. The van der Waals surface area contributed by atoms with Gasteiger partial charge in [0.25, 0.3) is 11.5 Å². The maximum absolute atomic E-state index is 12.9. The molecule has 29 heavy (non-hydrogen) atoms. The van der Waals surface area contributed by atoms with Gasteiger partial charge in [-0.3, -0.25) is 9.59 Å². The van der Waals surface area contributed by atoms with Crippen LogP contribution in [-0.4, -0.2) is 47.3 Å². The number of hydrogen-bond acceptors (Lipinski definition) is 5. The number of aryl methyl sites for hydroxylation is 1. The summed E-state index contributed by atoms with van der Waals surface area (Å²) >= 11 is 0. The van der Waals surface area contributed by atoms with Crippen molar-refractivity contribution >= 4 is 16.8 Å². The minimum atomic E-state index is -0.283. The number of fused-ring (bicyclic) bond motifs is 2. The van der Waals surface area contributed by atoms with Crippen LogP contribution in [0.5, 0.6) is 11.5 Å². The van der Waals surface area contributed by atoms with Gasteiger partial charge < -0.3 is 24.5 Å². The molecule has 0 atom stereocenters. The van der Waals surface area contributed by atoms with Crippen molar-refractivity contribution in [3.63, 3.8) is 0 Å². The molecule has 4 rings (SSSR count). The Labute approximate surface area is 167 Å². The molecule has 0 saturated heterocycles. The topological polar surface area (TPSA) is 91.9 Å². The van der Waals surface area contributed by atoms with Crippen molar-refractivity contribution in [3.8, 4) is 11.5 Å². The van der Waals surface area contributed by atoms with Crippen molar-refractivity contribution in [2.24, 2.45) is 0 Å². The third kappa shape index (κ3) is 3.95. The number of rotatable bonds is 5. The summed E-state index contributed by atoms with van der Waals surface area (Å²) in [6.45, 7) is 2.88. The zero-order valence-corrected chi connectivity index (χ0v) is 16.1. The molecule has 0 bridgehead atoms. The SMILES string of the molecule is Cc1cccc(C(=O)N(CCO)Cc2cc3cc4c(cc3[nH]c2=O)OCCO4)c1. The van der Waals surface area contributed by atoms with E-state index in [1.165, 1.54) is 4.90 Å². The van der Waals surface area contributed by atoms with Crippen LogP contribution in [0.1, 0.15) is 21.5 Å². The Morgan fingerprint density at radius 1 is 1.14 bits per heavy atom. The lowest BCUT2D eigenvalue weighted by Gasteiger charge is -2.22. The first-order chi connectivity index (χ1) is 14.0. The van der Waals surface area contributed by atoms with Gasteiger partial charge in [-0.05, 0) is 31.2 Å². The monoisotopic (exact) mass is 394 g/mol. The number of carbonyl (C=O) groups excluding carboxylic acids is 1. The number of amides is 1. The van der Waals surface area contributed by atoms with Gasteiger partial charge in [0, 0.05) is 29.1 Å². The number of H-pyrrole nitrogens is 1. The lowest BCUT2D eigenvalue weighted by Crippen LogP contribution is -2.35. The zero-order chi connectivity index (χ0) is 20.4. The van der Waals surface area contributed by atoms with Gasteiger partial charge in [-0.15, -0.1) is 0 Å².